The van der Waals surface area contributed by atoms with Gasteiger partial charge in [0.15, 0.2) is 0 Å². The van der Waals surface area contributed by atoms with E-state index in [0.717, 1.165) is 0 Å². The molecule has 0 rings (SSSR count). The van der Waals surface area contributed by atoms with Crippen LogP contribution in [0.3, 0.4) is 0 Å². The van der Waals surface area contributed by atoms with Crippen LogP contribution in [0.4, 0.5) is 4.70 Å². The van der Waals surface area contributed by atoms with Gasteiger partial charge < -0.3 is 38.4 Å². The van der Waals surface area contributed by atoms with Gasteiger partial charge >= 0.3 is 47.7 Å². The van der Waals surface area contributed by atoms with Crippen molar-refractivity contribution in [3.05, 3.63) is 0 Å². The van der Waals surface area contributed by atoms with E-state index in [2.05, 4.69) is 0 Å². The summed E-state index contributed by atoms with van der Waals surface area (Å²) in [6, 6.07) is 0. The Morgan fingerprint density at radius 3 is 0.500 bits per heavy atom. The summed E-state index contributed by atoms with van der Waals surface area (Å²) in [6.45, 7) is 0. The molecule has 0 atom stereocenters. The Balaban J connectivity index is -0.0000000457. The summed E-state index contributed by atoms with van der Waals surface area (Å²) < 4.78 is 0. The summed E-state index contributed by atoms with van der Waals surface area (Å²) in [5.41, 5.74) is 0. The van der Waals surface area contributed by atoms with Crippen molar-refractivity contribution in [1.29, 1.82) is 0 Å². The first-order valence-corrected chi connectivity index (χ1v) is 5.37. The second-order valence-corrected chi connectivity index (χ2v) is 3.60. The summed E-state index contributed by atoms with van der Waals surface area (Å²) in [5.74, 6) is 0. The van der Waals surface area contributed by atoms with Crippen LogP contribution in [0, 0.1) is 0 Å². The fraction of sp³-hybridized carbons (Fsp3) is 0. The van der Waals surface area contributed by atoms with E-state index in [9.17, 15) is 0 Å². The molecule has 0 heterocycles. The van der Waals surface area contributed by atoms with Crippen LogP contribution in [0.2, 0.25) is 0 Å². The minimum atomic E-state index is -4.61. The van der Waals surface area contributed by atoms with Crippen molar-refractivity contribution < 1.29 is 43.1 Å². The SMILES string of the molecule is F.O[Si](O)(O)O.O[Si](O)(O)O.[NaH]. The van der Waals surface area contributed by atoms with Crippen LogP contribution in [0.15, 0.2) is 0 Å². The van der Waals surface area contributed by atoms with E-state index in [4.69, 9.17) is 38.4 Å². The van der Waals surface area contributed by atoms with Crippen LogP contribution in [0.25, 0.3) is 0 Å². The van der Waals surface area contributed by atoms with E-state index in [1.807, 2.05) is 0 Å². The van der Waals surface area contributed by atoms with Crippen molar-refractivity contribution in [2.45, 2.75) is 0 Å². The molecule has 0 fully saturated rings. The van der Waals surface area contributed by atoms with Gasteiger partial charge in [0.05, 0.1) is 0 Å². The van der Waals surface area contributed by atoms with Gasteiger partial charge in [-0.1, -0.05) is 0 Å². The van der Waals surface area contributed by atoms with Crippen LogP contribution in [0.1, 0.15) is 0 Å². The molecule has 12 heteroatoms. The summed E-state index contributed by atoms with van der Waals surface area (Å²) >= 11 is 0. The van der Waals surface area contributed by atoms with E-state index in [1.54, 1.807) is 0 Å². The van der Waals surface area contributed by atoms with E-state index in [1.165, 1.54) is 0 Å². The number of halogens is 1. The Morgan fingerprint density at radius 2 is 0.500 bits per heavy atom. The van der Waals surface area contributed by atoms with Gasteiger partial charge in [-0.05, 0) is 0 Å². The average molecular weight is 236 g/mol. The molecule has 0 aliphatic carbocycles. The Morgan fingerprint density at radius 1 is 0.500 bits per heavy atom. The van der Waals surface area contributed by atoms with Gasteiger partial charge in [0.1, 0.15) is 0 Å². The third kappa shape index (κ3) is 1020. The van der Waals surface area contributed by atoms with Crippen molar-refractivity contribution in [3.8, 4) is 0 Å². The Kier molecular flexibility index (Phi) is 16.6. The molecular weight excluding hydrogens is 226 g/mol. The zero-order valence-corrected chi connectivity index (χ0v) is 6.99. The molecule has 0 aliphatic rings. The summed E-state index contributed by atoms with van der Waals surface area (Å²) in [7, 11) is -9.22. The van der Waals surface area contributed by atoms with Gasteiger partial charge in [-0.2, -0.15) is 0 Å². The van der Waals surface area contributed by atoms with Gasteiger partial charge in [-0.3, -0.25) is 4.70 Å². The molecule has 0 spiro atoms. The summed E-state index contributed by atoms with van der Waals surface area (Å²) in [4.78, 5) is 58.6. The quantitative estimate of drug-likeness (QED) is 0.193. The van der Waals surface area contributed by atoms with Crippen molar-refractivity contribution in [1.82, 2.24) is 0 Å². The molecule has 0 aliphatic heterocycles. The maximum atomic E-state index is 7.33. The minimum absolute atomic E-state index is 0. The molecule has 0 aromatic carbocycles. The van der Waals surface area contributed by atoms with Crippen LogP contribution in [-0.4, -0.2) is 86.0 Å². The molecule has 8 nitrogen and oxygen atoms in total. The Bertz CT molecular complexity index is 60.0. The molecule has 0 bridgehead atoms. The molecule has 8 N–H and O–H groups in total. The second kappa shape index (κ2) is 8.63. The standard InChI is InChI=1S/FH.Na.2H4O4Si.H/c;;2*1-5(2,3)4;/h1H;;2*1-4H;. The summed E-state index contributed by atoms with van der Waals surface area (Å²) in [5, 5.41) is 0. The van der Waals surface area contributed by atoms with Crippen LogP contribution < -0.4 is 0 Å². The number of hydrogen-bond donors (Lipinski definition) is 8. The van der Waals surface area contributed by atoms with Crippen molar-refractivity contribution in [2.24, 2.45) is 0 Å². The fourth-order valence-electron chi connectivity index (χ4n) is 0. The van der Waals surface area contributed by atoms with E-state index in [0.29, 0.717) is 0 Å². The first-order valence-electron chi connectivity index (χ1n) is 1.79. The normalized spacial score (nSPS) is 10.0. The molecule has 0 radical (unpaired) electrons. The second-order valence-electron chi connectivity index (χ2n) is 1.20. The number of rotatable bonds is 0. The predicted molar refractivity (Wildman–Crippen MR) is 38.9 cm³/mol. The van der Waals surface area contributed by atoms with Crippen LogP contribution in [0.5, 0.6) is 0 Å². The maximum absolute atomic E-state index is 7.33. The van der Waals surface area contributed by atoms with E-state index in [-0.39, 0.29) is 34.3 Å². The average Bonchev–Trinajstić information content (AvgIpc) is 1.12. The monoisotopic (exact) mass is 236 g/mol. The van der Waals surface area contributed by atoms with Gasteiger partial charge in [0.2, 0.25) is 0 Å². The first kappa shape index (κ1) is 23.1. The van der Waals surface area contributed by atoms with Crippen molar-refractivity contribution >= 4 is 47.7 Å². The van der Waals surface area contributed by atoms with E-state index >= 15 is 0 Å². The number of hydrogen-bond acceptors (Lipinski definition) is 8. The van der Waals surface area contributed by atoms with Crippen molar-refractivity contribution in [3.63, 3.8) is 0 Å². The van der Waals surface area contributed by atoms with E-state index < -0.39 is 18.1 Å². The Hall–Kier alpha value is 1.04. The molecular formula is H10FNaO8Si2. The molecule has 0 saturated carbocycles. The van der Waals surface area contributed by atoms with Gasteiger partial charge in [0.25, 0.3) is 0 Å². The first-order chi connectivity index (χ1) is 4.00. The molecule has 0 saturated heterocycles. The van der Waals surface area contributed by atoms with Crippen LogP contribution in [-0.2, 0) is 0 Å². The topological polar surface area (TPSA) is 162 Å². The third-order valence-electron chi connectivity index (χ3n) is 0. The Labute approximate surface area is 90.6 Å². The van der Waals surface area contributed by atoms with Crippen molar-refractivity contribution in [2.75, 3.05) is 0 Å². The molecule has 0 aromatic heterocycles. The molecule has 12 heavy (non-hydrogen) atoms. The van der Waals surface area contributed by atoms with Crippen LogP contribution >= 0.6 is 0 Å². The van der Waals surface area contributed by atoms with Gasteiger partial charge in [0, 0.05) is 0 Å². The molecule has 0 aromatic rings. The molecule has 0 amide bonds. The summed E-state index contributed by atoms with van der Waals surface area (Å²) in [6.07, 6.45) is 0. The molecule has 0 unspecified atom stereocenters. The molecule has 74 valence electrons. The zero-order chi connectivity index (χ0) is 9.00. The fourth-order valence-corrected chi connectivity index (χ4v) is 0. The zero-order valence-electron chi connectivity index (χ0n) is 4.99. The third-order valence-corrected chi connectivity index (χ3v) is 0. The van der Waals surface area contributed by atoms with Gasteiger partial charge in [-0.25, -0.2) is 0 Å². The predicted octanol–water partition coefficient (Wildman–Crippen LogP) is -5.71. The van der Waals surface area contributed by atoms with Gasteiger partial charge in [-0.15, -0.1) is 0 Å².